The summed E-state index contributed by atoms with van der Waals surface area (Å²) in [4.78, 5) is 25.5. The molecule has 0 saturated carbocycles. The first kappa shape index (κ1) is 17.8. The first-order valence-electron chi connectivity index (χ1n) is 7.50. The first-order chi connectivity index (χ1) is 11.4. The topological polar surface area (TPSA) is 99.9 Å². The third-order valence-electron chi connectivity index (χ3n) is 4.67. The molecule has 0 radical (unpaired) electrons. The smallest absolute Gasteiger partial charge is 0.416 e. The molecule has 0 saturated heterocycles. The molecule has 3 atom stereocenters. The molecule has 1 heterocycles. The van der Waals surface area contributed by atoms with Crippen LogP contribution < -0.4 is 4.90 Å². The summed E-state index contributed by atoms with van der Waals surface area (Å²) in [5, 5.41) is 20.6. The number of anilines is 1. The van der Waals surface area contributed by atoms with Gasteiger partial charge in [-0.15, -0.1) is 0 Å². The van der Waals surface area contributed by atoms with E-state index >= 15 is 0 Å². The number of hydrogen-bond donors (Lipinski definition) is 1. The summed E-state index contributed by atoms with van der Waals surface area (Å²) >= 11 is 0. The van der Waals surface area contributed by atoms with Gasteiger partial charge in [-0.2, -0.15) is 5.26 Å². The fraction of sp³-hybridized carbons (Fsp3) is 0.471. The van der Waals surface area contributed by atoms with Crippen molar-refractivity contribution < 1.29 is 24.2 Å². The van der Waals surface area contributed by atoms with Gasteiger partial charge in [-0.05, 0) is 17.5 Å². The van der Waals surface area contributed by atoms with Crippen molar-refractivity contribution >= 4 is 17.7 Å². The average molecular weight is 332 g/mol. The lowest BCUT2D eigenvalue weighted by molar-refractivity contribution is -0.148. The van der Waals surface area contributed by atoms with Gasteiger partial charge in [0.25, 0.3) is 0 Å². The average Bonchev–Trinajstić information content (AvgIpc) is 2.84. The number of rotatable bonds is 3. The van der Waals surface area contributed by atoms with Crippen LogP contribution in [0.15, 0.2) is 24.3 Å². The van der Waals surface area contributed by atoms with E-state index in [-0.39, 0.29) is 5.92 Å². The van der Waals surface area contributed by atoms with Gasteiger partial charge in [-0.1, -0.05) is 32.0 Å². The number of hydrogen-bond acceptors (Lipinski definition) is 6. The van der Waals surface area contributed by atoms with Crippen LogP contribution in [0.2, 0.25) is 0 Å². The normalized spacial score (nSPS) is 23.4. The summed E-state index contributed by atoms with van der Waals surface area (Å²) in [6.07, 6.45) is -2.20. The van der Waals surface area contributed by atoms with E-state index in [1.165, 1.54) is 14.2 Å². The number of ether oxygens (including phenoxy) is 2. The number of nitrogens with zero attached hydrogens (tertiary/aromatic N) is 2. The van der Waals surface area contributed by atoms with E-state index in [9.17, 15) is 20.0 Å². The minimum atomic E-state index is -1.44. The van der Waals surface area contributed by atoms with Crippen LogP contribution in [0.25, 0.3) is 0 Å². The molecule has 7 heteroatoms. The van der Waals surface area contributed by atoms with Gasteiger partial charge >= 0.3 is 12.1 Å². The second kappa shape index (κ2) is 6.49. The lowest BCUT2D eigenvalue weighted by Crippen LogP contribution is -2.55. The summed E-state index contributed by atoms with van der Waals surface area (Å²) in [7, 11) is 2.39. The highest BCUT2D eigenvalue weighted by Crippen LogP contribution is 2.53. The van der Waals surface area contributed by atoms with Gasteiger partial charge in [0, 0.05) is 0 Å². The quantitative estimate of drug-likeness (QED) is 0.847. The Morgan fingerprint density at radius 1 is 1.29 bits per heavy atom. The summed E-state index contributed by atoms with van der Waals surface area (Å²) in [6, 6.07) is 8.74. The molecule has 1 aliphatic heterocycles. The zero-order valence-electron chi connectivity index (χ0n) is 14.0. The molecule has 0 spiro atoms. The summed E-state index contributed by atoms with van der Waals surface area (Å²) < 4.78 is 9.53. The van der Waals surface area contributed by atoms with Crippen molar-refractivity contribution in [2.75, 3.05) is 19.1 Å². The molecule has 1 aromatic rings. The summed E-state index contributed by atoms with van der Waals surface area (Å²) in [6.45, 7) is 3.57. The maximum absolute atomic E-state index is 12.3. The Morgan fingerprint density at radius 2 is 1.92 bits per heavy atom. The van der Waals surface area contributed by atoms with E-state index < -0.39 is 29.6 Å². The Kier molecular flexibility index (Phi) is 4.81. The van der Waals surface area contributed by atoms with Crippen molar-refractivity contribution in [3.63, 3.8) is 0 Å². The Bertz CT molecular complexity index is 696. The van der Waals surface area contributed by atoms with E-state index in [1.807, 2.05) is 6.07 Å². The van der Waals surface area contributed by atoms with Crippen molar-refractivity contribution in [1.29, 1.82) is 5.26 Å². The Labute approximate surface area is 140 Å². The summed E-state index contributed by atoms with van der Waals surface area (Å²) in [5.74, 6) is -2.38. The third-order valence-corrected chi connectivity index (χ3v) is 4.67. The maximum atomic E-state index is 12.3. The molecule has 1 N–H and O–H groups in total. The van der Waals surface area contributed by atoms with E-state index in [0.717, 1.165) is 4.90 Å². The van der Waals surface area contributed by atoms with E-state index in [1.54, 1.807) is 38.1 Å². The van der Waals surface area contributed by atoms with Gasteiger partial charge in [-0.3, -0.25) is 9.69 Å². The zero-order valence-corrected chi connectivity index (χ0v) is 14.0. The highest BCUT2D eigenvalue weighted by atomic mass is 16.5. The maximum Gasteiger partial charge on any atom is 0.416 e. The molecular weight excluding hydrogens is 312 g/mol. The predicted molar refractivity (Wildman–Crippen MR) is 85.0 cm³/mol. The molecule has 1 aromatic carbocycles. The van der Waals surface area contributed by atoms with Crippen LogP contribution in [0.1, 0.15) is 19.4 Å². The minimum Gasteiger partial charge on any atom is -0.468 e. The first-order valence-corrected chi connectivity index (χ1v) is 7.50. The van der Waals surface area contributed by atoms with Crippen LogP contribution >= 0.6 is 0 Å². The van der Waals surface area contributed by atoms with Gasteiger partial charge in [0.2, 0.25) is 0 Å². The molecule has 0 fully saturated rings. The molecule has 128 valence electrons. The van der Waals surface area contributed by atoms with Gasteiger partial charge in [0.05, 0.1) is 31.4 Å². The number of aliphatic hydroxyl groups is 1. The fourth-order valence-electron chi connectivity index (χ4n) is 3.55. The molecule has 7 nitrogen and oxygen atoms in total. The number of carbonyl (C=O) groups is 2. The highest BCUT2D eigenvalue weighted by molar-refractivity contribution is 5.93. The number of amides is 1. The van der Waals surface area contributed by atoms with Gasteiger partial charge < -0.3 is 14.6 Å². The second-order valence-electron chi connectivity index (χ2n) is 5.90. The lowest BCUT2D eigenvalue weighted by atomic mass is 9.63. The molecule has 2 rings (SSSR count). The van der Waals surface area contributed by atoms with Gasteiger partial charge in [0.15, 0.2) is 5.92 Å². The third kappa shape index (κ3) is 2.22. The number of fused-ring (bicyclic) bond motifs is 1. The Hall–Kier alpha value is -2.59. The van der Waals surface area contributed by atoms with Crippen molar-refractivity contribution in [1.82, 2.24) is 0 Å². The van der Waals surface area contributed by atoms with Crippen LogP contribution in [0.5, 0.6) is 0 Å². The zero-order chi connectivity index (χ0) is 18.1. The molecular formula is C17H20N2O5. The van der Waals surface area contributed by atoms with Crippen LogP contribution in [-0.4, -0.2) is 37.6 Å². The number of carbonyl (C=O) groups excluding carboxylic acids is 2. The number of aliphatic hydroxyl groups excluding tert-OH is 1. The highest BCUT2D eigenvalue weighted by Gasteiger charge is 2.61. The Morgan fingerprint density at radius 3 is 2.42 bits per heavy atom. The van der Waals surface area contributed by atoms with Crippen molar-refractivity contribution in [3.05, 3.63) is 29.8 Å². The second-order valence-corrected chi connectivity index (χ2v) is 5.90. The number of nitriles is 1. The summed E-state index contributed by atoms with van der Waals surface area (Å²) in [5.41, 5.74) is -0.378. The van der Waals surface area contributed by atoms with Crippen molar-refractivity contribution in [3.8, 4) is 6.07 Å². The molecule has 1 aliphatic rings. The van der Waals surface area contributed by atoms with Crippen LogP contribution in [0.4, 0.5) is 10.5 Å². The number of para-hydroxylation sites is 1. The largest absolute Gasteiger partial charge is 0.468 e. The molecule has 0 unspecified atom stereocenters. The predicted octanol–water partition coefficient (Wildman–Crippen LogP) is 1.80. The van der Waals surface area contributed by atoms with Crippen LogP contribution in [0.3, 0.4) is 0 Å². The fourth-order valence-corrected chi connectivity index (χ4v) is 3.55. The molecule has 0 aromatic heterocycles. The number of esters is 1. The van der Waals surface area contributed by atoms with Gasteiger partial charge in [-0.25, -0.2) is 4.79 Å². The van der Waals surface area contributed by atoms with E-state index in [0.29, 0.717) is 11.3 Å². The SMILES string of the molecule is COC(=O)[C@H](C#N)[C@@]1(C(C)C)c2ccccc2N(C(=O)OC)[C@@H]1O. The molecule has 1 amide bonds. The van der Waals surface area contributed by atoms with E-state index in [2.05, 4.69) is 0 Å². The minimum absolute atomic E-state index is 0.341. The van der Waals surface area contributed by atoms with Crippen LogP contribution in [-0.2, 0) is 19.7 Å². The molecule has 0 bridgehead atoms. The Balaban J connectivity index is 2.79. The standard InChI is InChI=1S/C17H20N2O5/c1-10(2)17(12(9-18)14(20)23-3)11-7-5-6-8-13(11)19(15(17)21)16(22)24-4/h5-8,10,12,15,21H,1-4H3/t12-,15+,17+/m0/s1. The van der Waals surface area contributed by atoms with Crippen LogP contribution in [0, 0.1) is 23.2 Å². The van der Waals surface area contributed by atoms with Crippen molar-refractivity contribution in [2.45, 2.75) is 25.5 Å². The number of methoxy groups -OCH3 is 2. The number of benzene rings is 1. The monoisotopic (exact) mass is 332 g/mol. The molecule has 0 aliphatic carbocycles. The molecule has 24 heavy (non-hydrogen) atoms. The lowest BCUT2D eigenvalue weighted by Gasteiger charge is -2.40. The van der Waals surface area contributed by atoms with Gasteiger partial charge in [0.1, 0.15) is 6.23 Å². The van der Waals surface area contributed by atoms with E-state index in [4.69, 9.17) is 9.47 Å². The van der Waals surface area contributed by atoms with Crippen molar-refractivity contribution in [2.24, 2.45) is 11.8 Å².